The molecule has 9 heteroatoms. The van der Waals surface area contributed by atoms with Gasteiger partial charge in [-0.15, -0.1) is 0 Å². The number of amides is 2. The first kappa shape index (κ1) is 16.1. The molecule has 0 bridgehead atoms. The highest BCUT2D eigenvalue weighted by atomic mass is 16.5. The summed E-state index contributed by atoms with van der Waals surface area (Å²) >= 11 is 0. The number of ether oxygens (including phenoxy) is 1. The summed E-state index contributed by atoms with van der Waals surface area (Å²) < 4.78 is 7.64. The molecule has 0 unspecified atom stereocenters. The second-order valence-corrected chi connectivity index (χ2v) is 7.97. The van der Waals surface area contributed by atoms with E-state index in [2.05, 4.69) is 30.3 Å². The van der Waals surface area contributed by atoms with Crippen LogP contribution in [0.5, 0.6) is 0 Å². The second kappa shape index (κ2) is 5.78. The smallest absolute Gasteiger partial charge is 0.322 e. The van der Waals surface area contributed by atoms with Gasteiger partial charge in [-0.25, -0.2) is 4.79 Å². The number of carbonyl (C=O) groups excluding carboxylic acids is 1. The number of aromatic amines is 1. The van der Waals surface area contributed by atoms with Crippen LogP contribution in [0.1, 0.15) is 31.7 Å². The van der Waals surface area contributed by atoms with Gasteiger partial charge in [-0.2, -0.15) is 10.2 Å². The van der Waals surface area contributed by atoms with Crippen molar-refractivity contribution in [3.8, 4) is 11.4 Å². The summed E-state index contributed by atoms with van der Waals surface area (Å²) in [4.78, 5) is 19.4. The Hall–Kier alpha value is -2.94. The van der Waals surface area contributed by atoms with Crippen molar-refractivity contribution in [3.63, 3.8) is 0 Å². The van der Waals surface area contributed by atoms with Crippen molar-refractivity contribution in [1.29, 1.82) is 0 Å². The topological polar surface area (TPSA) is 101 Å². The highest BCUT2D eigenvalue weighted by Crippen LogP contribution is 2.44. The van der Waals surface area contributed by atoms with Gasteiger partial charge in [0.05, 0.1) is 54.1 Å². The van der Waals surface area contributed by atoms with E-state index >= 15 is 0 Å². The van der Waals surface area contributed by atoms with Gasteiger partial charge in [-0.1, -0.05) is 0 Å². The minimum atomic E-state index is -0.111. The quantitative estimate of drug-likeness (QED) is 0.728. The van der Waals surface area contributed by atoms with E-state index in [1.807, 2.05) is 23.4 Å². The predicted molar refractivity (Wildman–Crippen MR) is 102 cm³/mol. The fraction of sp³-hybridized carbons (Fsp3) is 0.474. The Kier molecular flexibility index (Phi) is 3.31. The van der Waals surface area contributed by atoms with Crippen LogP contribution in [0.25, 0.3) is 22.3 Å². The van der Waals surface area contributed by atoms with Gasteiger partial charge >= 0.3 is 6.03 Å². The van der Waals surface area contributed by atoms with Gasteiger partial charge in [0.2, 0.25) is 0 Å². The maximum atomic E-state index is 12.9. The Morgan fingerprint density at radius 2 is 2.18 bits per heavy atom. The van der Waals surface area contributed by atoms with Crippen LogP contribution >= 0.6 is 0 Å². The van der Waals surface area contributed by atoms with Crippen molar-refractivity contribution >= 4 is 22.6 Å². The number of hydrogen-bond donors (Lipinski definition) is 2. The predicted octanol–water partition coefficient (Wildman–Crippen LogP) is 2.55. The Morgan fingerprint density at radius 3 is 3.00 bits per heavy atom. The number of rotatable bonds is 3. The summed E-state index contributed by atoms with van der Waals surface area (Å²) in [6, 6.07) is 2.40. The summed E-state index contributed by atoms with van der Waals surface area (Å²) in [5.74, 6) is 0. The zero-order chi connectivity index (χ0) is 18.7. The Balaban J connectivity index is 1.30. The first-order valence-corrected chi connectivity index (χ1v) is 9.77. The SMILES string of the molecule is O=C(Nc1cn[nH]c1-c1cc2c(cn1)cnn2C1CC1)N1CCOCC12CC2. The number of anilines is 1. The monoisotopic (exact) mass is 379 g/mol. The zero-order valence-electron chi connectivity index (χ0n) is 15.4. The van der Waals surface area contributed by atoms with E-state index in [0.717, 1.165) is 29.4 Å². The van der Waals surface area contributed by atoms with Crippen LogP contribution in [-0.2, 0) is 4.74 Å². The minimum absolute atomic E-state index is 0.104. The highest BCUT2D eigenvalue weighted by Gasteiger charge is 2.52. The van der Waals surface area contributed by atoms with Gasteiger partial charge < -0.3 is 15.0 Å². The molecule has 3 aromatic rings. The third-order valence-corrected chi connectivity index (χ3v) is 5.98. The van der Waals surface area contributed by atoms with Gasteiger partial charge in [0.25, 0.3) is 0 Å². The molecule has 2 aliphatic carbocycles. The number of carbonyl (C=O) groups is 1. The molecule has 4 heterocycles. The lowest BCUT2D eigenvalue weighted by Crippen LogP contribution is -2.52. The maximum Gasteiger partial charge on any atom is 0.322 e. The zero-order valence-corrected chi connectivity index (χ0v) is 15.4. The molecule has 0 atom stereocenters. The molecule has 1 aliphatic heterocycles. The van der Waals surface area contributed by atoms with E-state index in [4.69, 9.17) is 4.74 Å². The van der Waals surface area contributed by atoms with Crippen LogP contribution in [0, 0.1) is 0 Å². The van der Waals surface area contributed by atoms with Gasteiger partial charge in [-0.05, 0) is 31.7 Å². The molecule has 3 aromatic heterocycles. The molecule has 1 spiro atoms. The molecule has 2 N–H and O–H groups in total. The molecular weight excluding hydrogens is 358 g/mol. The van der Waals surface area contributed by atoms with Crippen LogP contribution < -0.4 is 5.32 Å². The third kappa shape index (κ3) is 2.50. The van der Waals surface area contributed by atoms with Gasteiger partial charge in [0.15, 0.2) is 0 Å². The molecule has 144 valence electrons. The molecule has 2 amide bonds. The Labute approximate surface area is 161 Å². The van der Waals surface area contributed by atoms with E-state index in [1.165, 1.54) is 12.8 Å². The second-order valence-electron chi connectivity index (χ2n) is 7.97. The number of fused-ring (bicyclic) bond motifs is 1. The lowest BCUT2D eigenvalue weighted by atomic mass is 10.2. The fourth-order valence-corrected chi connectivity index (χ4v) is 4.05. The van der Waals surface area contributed by atoms with E-state index in [0.29, 0.717) is 37.2 Å². The first-order chi connectivity index (χ1) is 13.7. The number of hydrogen-bond acceptors (Lipinski definition) is 5. The molecule has 28 heavy (non-hydrogen) atoms. The van der Waals surface area contributed by atoms with E-state index in [1.54, 1.807) is 6.20 Å². The first-order valence-electron chi connectivity index (χ1n) is 9.77. The summed E-state index contributed by atoms with van der Waals surface area (Å²) in [5, 5.41) is 15.7. The number of nitrogens with one attached hydrogen (secondary N) is 2. The van der Waals surface area contributed by atoms with Gasteiger partial charge in [0, 0.05) is 18.1 Å². The molecule has 0 radical (unpaired) electrons. The van der Waals surface area contributed by atoms with Crippen molar-refractivity contribution in [2.75, 3.05) is 25.1 Å². The van der Waals surface area contributed by atoms with Crippen LogP contribution in [0.2, 0.25) is 0 Å². The van der Waals surface area contributed by atoms with Crippen molar-refractivity contribution in [2.45, 2.75) is 37.3 Å². The van der Waals surface area contributed by atoms with Crippen LogP contribution in [0.3, 0.4) is 0 Å². The number of H-pyrrole nitrogens is 1. The van der Waals surface area contributed by atoms with Crippen LogP contribution in [-0.4, -0.2) is 61.2 Å². The van der Waals surface area contributed by atoms with E-state index in [9.17, 15) is 4.79 Å². The minimum Gasteiger partial charge on any atom is -0.377 e. The summed E-state index contributed by atoms with van der Waals surface area (Å²) in [7, 11) is 0. The number of aromatic nitrogens is 5. The number of nitrogens with zero attached hydrogens (tertiary/aromatic N) is 5. The largest absolute Gasteiger partial charge is 0.377 e. The lowest BCUT2D eigenvalue weighted by Gasteiger charge is -2.35. The van der Waals surface area contributed by atoms with Gasteiger partial charge in [0.1, 0.15) is 5.69 Å². The Bertz CT molecular complexity index is 1060. The van der Waals surface area contributed by atoms with E-state index < -0.39 is 0 Å². The van der Waals surface area contributed by atoms with E-state index in [-0.39, 0.29) is 11.6 Å². The molecule has 2 saturated carbocycles. The van der Waals surface area contributed by atoms with Crippen molar-refractivity contribution < 1.29 is 9.53 Å². The molecule has 3 aliphatic rings. The standard InChI is InChI=1S/C19H21N7O2/c27-18(25-5-6-28-11-19(25)3-4-19)23-15-10-21-24-17(15)14-7-16-12(8-20-14)9-22-26(16)13-1-2-13/h7-10,13H,1-6,11H2,(H,21,24)(H,23,27). The average molecular weight is 379 g/mol. The maximum absolute atomic E-state index is 12.9. The molecule has 6 rings (SSSR count). The van der Waals surface area contributed by atoms with Gasteiger partial charge in [-0.3, -0.25) is 14.8 Å². The third-order valence-electron chi connectivity index (χ3n) is 5.98. The fourth-order valence-electron chi connectivity index (χ4n) is 4.05. The Morgan fingerprint density at radius 1 is 1.29 bits per heavy atom. The van der Waals surface area contributed by atoms with Crippen molar-refractivity contribution in [1.82, 2.24) is 29.9 Å². The van der Waals surface area contributed by atoms with Crippen LogP contribution in [0.4, 0.5) is 10.5 Å². The highest BCUT2D eigenvalue weighted by molar-refractivity contribution is 5.94. The summed E-state index contributed by atoms with van der Waals surface area (Å²) in [6.45, 7) is 1.82. The number of morpholine rings is 1. The molecule has 3 fully saturated rings. The summed E-state index contributed by atoms with van der Waals surface area (Å²) in [5.41, 5.74) is 3.03. The molecular formula is C19H21N7O2. The lowest BCUT2D eigenvalue weighted by molar-refractivity contribution is 0.00404. The molecule has 1 saturated heterocycles. The molecule has 9 nitrogen and oxygen atoms in total. The van der Waals surface area contributed by atoms with Crippen molar-refractivity contribution in [2.24, 2.45) is 0 Å². The number of pyridine rings is 1. The molecule has 0 aromatic carbocycles. The average Bonchev–Trinajstić information content (AvgIpc) is 3.61. The number of urea groups is 1. The van der Waals surface area contributed by atoms with Crippen molar-refractivity contribution in [3.05, 3.63) is 24.7 Å². The normalized spacial score (nSPS) is 20.6. The van der Waals surface area contributed by atoms with Crippen LogP contribution in [0.15, 0.2) is 24.7 Å². The summed E-state index contributed by atoms with van der Waals surface area (Å²) in [6.07, 6.45) is 9.65.